The van der Waals surface area contributed by atoms with Gasteiger partial charge in [0.2, 0.25) is 0 Å². The second-order valence-corrected chi connectivity index (χ2v) is 15.6. The molecule has 0 rings (SSSR count). The molecule has 0 aromatic heterocycles. The lowest BCUT2D eigenvalue weighted by Crippen LogP contribution is -2.44. The highest BCUT2D eigenvalue weighted by atomic mass is 16.7. The van der Waals surface area contributed by atoms with E-state index in [1.165, 1.54) is 51.4 Å². The minimum absolute atomic E-state index is 0.143. The topological polar surface area (TPSA) is 111 Å². The summed E-state index contributed by atoms with van der Waals surface area (Å²) in [6, 6.07) is 0. The van der Waals surface area contributed by atoms with E-state index in [0.29, 0.717) is 17.4 Å². The van der Waals surface area contributed by atoms with Gasteiger partial charge in [0.25, 0.3) is 0 Å². The number of ether oxygens (including phenoxy) is 4. The average molecular weight is 788 g/mol. The Morgan fingerprint density at radius 3 is 1.52 bits per heavy atom. The molecule has 0 N–H and O–H groups in total. The number of carbonyl (C=O) groups excluding carboxylic acids is 3. The van der Waals surface area contributed by atoms with E-state index in [1.807, 2.05) is 21.1 Å². The van der Waals surface area contributed by atoms with E-state index >= 15 is 0 Å². The van der Waals surface area contributed by atoms with Gasteiger partial charge in [-0.05, 0) is 57.8 Å². The number of carboxylic acid groups (broad SMARTS) is 1. The van der Waals surface area contributed by atoms with Gasteiger partial charge in [0, 0.05) is 12.8 Å². The molecule has 2 atom stereocenters. The molecule has 2 unspecified atom stereocenters. The van der Waals surface area contributed by atoms with Gasteiger partial charge in [-0.3, -0.25) is 9.59 Å². The minimum atomic E-state index is -1.62. The first-order valence-corrected chi connectivity index (χ1v) is 21.9. The maximum absolute atomic E-state index is 12.7. The van der Waals surface area contributed by atoms with Crippen LogP contribution >= 0.6 is 0 Å². The summed E-state index contributed by atoms with van der Waals surface area (Å²) in [7, 11) is 5.89. The van der Waals surface area contributed by atoms with Crippen molar-refractivity contribution < 1.29 is 42.9 Å². The van der Waals surface area contributed by atoms with E-state index in [4.69, 9.17) is 18.9 Å². The molecule has 0 aliphatic heterocycles. The van der Waals surface area contributed by atoms with Gasteiger partial charge in [-0.2, -0.15) is 0 Å². The van der Waals surface area contributed by atoms with Crippen molar-refractivity contribution in [3.8, 4) is 0 Å². The molecular formula is C47H81NO8. The molecule has 9 nitrogen and oxygen atoms in total. The fraction of sp³-hybridized carbons (Fsp3) is 0.723. The summed E-state index contributed by atoms with van der Waals surface area (Å²) in [5.74, 6) is -2.31. The number of esters is 2. The summed E-state index contributed by atoms with van der Waals surface area (Å²) in [4.78, 5) is 36.8. The van der Waals surface area contributed by atoms with Gasteiger partial charge in [0.1, 0.15) is 13.2 Å². The van der Waals surface area contributed by atoms with Crippen LogP contribution in [0.2, 0.25) is 0 Å². The van der Waals surface area contributed by atoms with Crippen LogP contribution < -0.4 is 5.11 Å². The van der Waals surface area contributed by atoms with Crippen molar-refractivity contribution in [1.29, 1.82) is 0 Å². The largest absolute Gasteiger partial charge is 0.545 e. The van der Waals surface area contributed by atoms with E-state index < -0.39 is 24.3 Å². The summed E-state index contributed by atoms with van der Waals surface area (Å²) in [6.07, 6.45) is 42.6. The lowest BCUT2D eigenvalue weighted by molar-refractivity contribution is -0.870. The summed E-state index contributed by atoms with van der Waals surface area (Å²) in [6.45, 7) is 4.56. The van der Waals surface area contributed by atoms with Crippen molar-refractivity contribution in [2.24, 2.45) is 0 Å². The molecule has 0 aliphatic rings. The van der Waals surface area contributed by atoms with Gasteiger partial charge >= 0.3 is 11.9 Å². The molecule has 0 aliphatic carbocycles. The molecule has 0 aromatic carbocycles. The summed E-state index contributed by atoms with van der Waals surface area (Å²) < 4.78 is 22.4. The van der Waals surface area contributed by atoms with Gasteiger partial charge in [-0.15, -0.1) is 0 Å². The van der Waals surface area contributed by atoms with Gasteiger partial charge in [-0.1, -0.05) is 152 Å². The van der Waals surface area contributed by atoms with Crippen LogP contribution in [0.1, 0.15) is 162 Å². The molecule has 0 amide bonds. The first-order valence-electron chi connectivity index (χ1n) is 21.9. The molecule has 9 heteroatoms. The Balaban J connectivity index is 4.36. The van der Waals surface area contributed by atoms with Crippen molar-refractivity contribution >= 4 is 17.9 Å². The number of hydrogen-bond acceptors (Lipinski definition) is 8. The number of carboxylic acids is 1. The molecule has 0 fully saturated rings. The Labute approximate surface area is 342 Å². The van der Waals surface area contributed by atoms with Crippen LogP contribution in [-0.4, -0.2) is 82.3 Å². The maximum atomic E-state index is 12.7. The Bertz CT molecular complexity index is 1100. The fourth-order valence-corrected chi connectivity index (χ4v) is 5.62. The van der Waals surface area contributed by atoms with Gasteiger partial charge in [0.15, 0.2) is 12.4 Å². The van der Waals surface area contributed by atoms with E-state index in [9.17, 15) is 19.5 Å². The third-order valence-corrected chi connectivity index (χ3v) is 9.03. The van der Waals surface area contributed by atoms with Crippen molar-refractivity contribution in [1.82, 2.24) is 0 Å². The molecular weight excluding hydrogens is 707 g/mol. The second-order valence-electron chi connectivity index (χ2n) is 15.6. The Hall–Kier alpha value is -3.01. The van der Waals surface area contributed by atoms with Crippen LogP contribution in [0.15, 0.2) is 60.8 Å². The Morgan fingerprint density at radius 1 is 0.554 bits per heavy atom. The third kappa shape index (κ3) is 39.2. The first kappa shape index (κ1) is 53.0. The summed E-state index contributed by atoms with van der Waals surface area (Å²) >= 11 is 0. The highest BCUT2D eigenvalue weighted by molar-refractivity contribution is 5.70. The van der Waals surface area contributed by atoms with Crippen LogP contribution in [-0.2, 0) is 33.3 Å². The van der Waals surface area contributed by atoms with Crippen molar-refractivity contribution in [3.63, 3.8) is 0 Å². The Kier molecular flexibility index (Phi) is 36.8. The van der Waals surface area contributed by atoms with E-state index in [0.717, 1.165) is 77.0 Å². The van der Waals surface area contributed by atoms with E-state index in [-0.39, 0.29) is 38.6 Å². The van der Waals surface area contributed by atoms with Crippen LogP contribution in [0.25, 0.3) is 0 Å². The number of aliphatic carboxylic acids is 1. The van der Waals surface area contributed by atoms with Crippen molar-refractivity contribution in [3.05, 3.63) is 60.8 Å². The fourth-order valence-electron chi connectivity index (χ4n) is 5.62. The highest BCUT2D eigenvalue weighted by Gasteiger charge is 2.21. The molecule has 0 saturated carbocycles. The molecule has 0 spiro atoms. The predicted octanol–water partition coefficient (Wildman–Crippen LogP) is 10.0. The monoisotopic (exact) mass is 788 g/mol. The van der Waals surface area contributed by atoms with Gasteiger partial charge < -0.3 is 33.3 Å². The smallest absolute Gasteiger partial charge is 0.306 e. The van der Waals surface area contributed by atoms with Crippen LogP contribution in [0.3, 0.4) is 0 Å². The number of rotatable bonds is 39. The van der Waals surface area contributed by atoms with E-state index in [1.54, 1.807) is 0 Å². The zero-order valence-electron chi connectivity index (χ0n) is 36.2. The van der Waals surface area contributed by atoms with Crippen LogP contribution in [0.5, 0.6) is 0 Å². The number of unbranched alkanes of at least 4 members (excludes halogenated alkanes) is 14. The van der Waals surface area contributed by atoms with Gasteiger partial charge in [-0.25, -0.2) is 0 Å². The molecule has 0 heterocycles. The SMILES string of the molecule is CC/C=C\C/C=C\C/C=C\C/C=C\C/C=C\CCCCCCCCCC(=O)OC(COC(=O)CCCCCCCCCC)COC(OCC[N+](C)(C)C)C(=O)[O-]. The third-order valence-electron chi connectivity index (χ3n) is 9.03. The maximum Gasteiger partial charge on any atom is 0.306 e. The van der Waals surface area contributed by atoms with E-state index in [2.05, 4.69) is 74.6 Å². The molecule has 0 saturated heterocycles. The zero-order chi connectivity index (χ0) is 41.4. The van der Waals surface area contributed by atoms with Crippen LogP contribution in [0.4, 0.5) is 0 Å². The molecule has 56 heavy (non-hydrogen) atoms. The first-order chi connectivity index (χ1) is 27.1. The number of nitrogens with zero attached hydrogens (tertiary/aromatic N) is 1. The predicted molar refractivity (Wildman–Crippen MR) is 228 cm³/mol. The lowest BCUT2D eigenvalue weighted by atomic mass is 10.1. The zero-order valence-corrected chi connectivity index (χ0v) is 36.2. The number of quaternary nitrogens is 1. The minimum Gasteiger partial charge on any atom is -0.545 e. The second kappa shape index (κ2) is 38.8. The Morgan fingerprint density at radius 2 is 1.02 bits per heavy atom. The quantitative estimate of drug-likeness (QED) is 0.0199. The lowest BCUT2D eigenvalue weighted by Gasteiger charge is -2.26. The summed E-state index contributed by atoms with van der Waals surface area (Å²) in [5.41, 5.74) is 0. The van der Waals surface area contributed by atoms with Crippen molar-refractivity contribution in [2.75, 3.05) is 47.5 Å². The molecule has 0 bridgehead atoms. The molecule has 0 radical (unpaired) electrons. The average Bonchev–Trinajstić information content (AvgIpc) is 3.15. The molecule has 0 aromatic rings. The molecule has 322 valence electrons. The number of likely N-dealkylation sites (N-methyl/N-ethyl adjacent to an activating group) is 1. The summed E-state index contributed by atoms with van der Waals surface area (Å²) in [5, 5.41) is 11.7. The normalized spacial score (nSPS) is 13.5. The van der Waals surface area contributed by atoms with Crippen LogP contribution in [0, 0.1) is 0 Å². The number of carbonyl (C=O) groups is 3. The highest BCUT2D eigenvalue weighted by Crippen LogP contribution is 2.13. The standard InChI is InChI=1S/C47H81NO8/c1-6-8-10-12-14-16-17-18-19-20-21-22-23-24-25-26-27-28-29-30-32-34-36-38-45(50)56-43(42-55-47(46(51)52)53-40-39-48(3,4)5)41-54-44(49)37-35-33-31-15-13-11-9-7-2/h8,10,14,16,18-19,21-22,24-25,43,47H,6-7,9,11-13,15,17,20,23,26-42H2,1-5H3/b10-8-,16-14-,19-18-,22-21-,25-24-. The number of allylic oxidation sites excluding steroid dienone is 10. The van der Waals surface area contributed by atoms with Crippen molar-refractivity contribution in [2.45, 2.75) is 174 Å². The number of hydrogen-bond donors (Lipinski definition) is 0. The van der Waals surface area contributed by atoms with Gasteiger partial charge in [0.05, 0.1) is 40.3 Å².